The highest BCUT2D eigenvalue weighted by Gasteiger charge is 2.47. The molecule has 1 aromatic carbocycles. The van der Waals surface area contributed by atoms with E-state index < -0.39 is 9.84 Å². The first kappa shape index (κ1) is 16.1. The van der Waals surface area contributed by atoms with Gasteiger partial charge in [0.2, 0.25) is 0 Å². The molecule has 7 heteroatoms. The maximum absolute atomic E-state index is 12.3. The molecule has 0 spiro atoms. The van der Waals surface area contributed by atoms with E-state index in [1.165, 1.54) is 0 Å². The molecule has 2 amide bonds. The standard InChI is InChI=1S/C16H22N2O4S/c1-2-22-14-5-3-4-12(8-14)9-17-16(19)18-10-13-6-7-23(20,21)15(13)11-18/h3-5,8,13,15H,2,6-7,9-11H2,1H3,(H,17,19)/t13-,15+/m0/s1. The first-order valence-electron chi connectivity index (χ1n) is 7.95. The Morgan fingerprint density at radius 3 is 2.96 bits per heavy atom. The van der Waals surface area contributed by atoms with E-state index in [4.69, 9.17) is 4.74 Å². The van der Waals surface area contributed by atoms with E-state index >= 15 is 0 Å². The number of fused-ring (bicyclic) bond motifs is 1. The second kappa shape index (κ2) is 6.39. The van der Waals surface area contributed by atoms with E-state index in [9.17, 15) is 13.2 Å². The number of amides is 2. The van der Waals surface area contributed by atoms with Crippen molar-refractivity contribution in [2.45, 2.75) is 25.1 Å². The number of urea groups is 1. The molecule has 1 N–H and O–H groups in total. The van der Waals surface area contributed by atoms with Crippen molar-refractivity contribution in [1.82, 2.24) is 10.2 Å². The van der Waals surface area contributed by atoms with E-state index in [1.54, 1.807) is 4.90 Å². The Morgan fingerprint density at radius 1 is 1.39 bits per heavy atom. The van der Waals surface area contributed by atoms with Crippen molar-refractivity contribution in [3.8, 4) is 5.75 Å². The van der Waals surface area contributed by atoms with Crippen LogP contribution in [0.3, 0.4) is 0 Å². The van der Waals surface area contributed by atoms with Crippen LogP contribution in [-0.4, -0.2) is 50.0 Å². The lowest BCUT2D eigenvalue weighted by Crippen LogP contribution is -2.39. The summed E-state index contributed by atoms with van der Waals surface area (Å²) < 4.78 is 29.3. The van der Waals surface area contributed by atoms with Crippen LogP contribution in [0.1, 0.15) is 18.9 Å². The zero-order valence-corrected chi connectivity index (χ0v) is 14.0. The number of rotatable bonds is 4. The van der Waals surface area contributed by atoms with E-state index in [1.807, 2.05) is 31.2 Å². The molecule has 2 heterocycles. The van der Waals surface area contributed by atoms with Gasteiger partial charge in [-0.1, -0.05) is 12.1 Å². The Morgan fingerprint density at radius 2 is 2.22 bits per heavy atom. The van der Waals surface area contributed by atoms with Crippen LogP contribution in [0.5, 0.6) is 5.75 Å². The number of ether oxygens (including phenoxy) is 1. The highest BCUT2D eigenvalue weighted by molar-refractivity contribution is 7.92. The minimum absolute atomic E-state index is 0.104. The van der Waals surface area contributed by atoms with Gasteiger partial charge in [0.05, 0.1) is 17.6 Å². The van der Waals surface area contributed by atoms with Crippen LogP contribution >= 0.6 is 0 Å². The largest absolute Gasteiger partial charge is 0.494 e. The van der Waals surface area contributed by atoms with Crippen molar-refractivity contribution in [2.75, 3.05) is 25.4 Å². The molecule has 23 heavy (non-hydrogen) atoms. The predicted octanol–water partition coefficient (Wildman–Crippen LogP) is 1.41. The number of hydrogen-bond acceptors (Lipinski definition) is 4. The number of hydrogen-bond donors (Lipinski definition) is 1. The van der Waals surface area contributed by atoms with Gasteiger partial charge in [-0.05, 0) is 37.0 Å². The molecule has 0 saturated carbocycles. The molecule has 2 aliphatic heterocycles. The number of nitrogens with zero attached hydrogens (tertiary/aromatic N) is 1. The Bertz CT molecular complexity index is 689. The number of carbonyl (C=O) groups excluding carboxylic acids is 1. The number of carbonyl (C=O) groups is 1. The van der Waals surface area contributed by atoms with E-state index in [-0.39, 0.29) is 23.0 Å². The molecule has 2 saturated heterocycles. The third-order valence-corrected chi connectivity index (χ3v) is 6.82. The molecule has 0 aromatic heterocycles. The molecule has 6 nitrogen and oxygen atoms in total. The first-order valence-corrected chi connectivity index (χ1v) is 9.67. The van der Waals surface area contributed by atoms with Crippen LogP contribution in [0.25, 0.3) is 0 Å². The number of nitrogens with one attached hydrogen (secondary N) is 1. The quantitative estimate of drug-likeness (QED) is 0.901. The molecule has 0 radical (unpaired) electrons. The van der Waals surface area contributed by atoms with Gasteiger partial charge in [-0.2, -0.15) is 0 Å². The molecule has 1 aromatic rings. The Labute approximate surface area is 136 Å². The van der Waals surface area contributed by atoms with Gasteiger partial charge in [-0.25, -0.2) is 13.2 Å². The predicted molar refractivity (Wildman–Crippen MR) is 87.1 cm³/mol. The van der Waals surface area contributed by atoms with Crippen LogP contribution in [0.4, 0.5) is 4.79 Å². The van der Waals surface area contributed by atoms with Crippen molar-refractivity contribution in [3.63, 3.8) is 0 Å². The average Bonchev–Trinajstić information content (AvgIpc) is 3.07. The number of likely N-dealkylation sites (tertiary alicyclic amines) is 1. The highest BCUT2D eigenvalue weighted by atomic mass is 32.2. The van der Waals surface area contributed by atoms with Gasteiger partial charge in [0.15, 0.2) is 9.84 Å². The van der Waals surface area contributed by atoms with Gasteiger partial charge in [0.25, 0.3) is 0 Å². The summed E-state index contributed by atoms with van der Waals surface area (Å²) in [5.41, 5.74) is 0.955. The highest BCUT2D eigenvalue weighted by Crippen LogP contribution is 2.33. The summed E-state index contributed by atoms with van der Waals surface area (Å²) in [5, 5.41) is 2.50. The summed E-state index contributed by atoms with van der Waals surface area (Å²) in [7, 11) is -3.01. The summed E-state index contributed by atoms with van der Waals surface area (Å²) in [6.07, 6.45) is 0.674. The Balaban J connectivity index is 1.55. The summed E-state index contributed by atoms with van der Waals surface area (Å²) in [4.78, 5) is 13.9. The average molecular weight is 338 g/mol. The first-order chi connectivity index (χ1) is 11.0. The number of sulfone groups is 1. The van der Waals surface area contributed by atoms with Crippen molar-refractivity contribution in [1.29, 1.82) is 0 Å². The molecule has 3 rings (SSSR count). The molecule has 2 fully saturated rings. The van der Waals surface area contributed by atoms with Gasteiger partial charge in [0, 0.05) is 19.6 Å². The fourth-order valence-electron chi connectivity index (χ4n) is 3.36. The minimum atomic E-state index is -3.01. The molecule has 2 atom stereocenters. The number of benzene rings is 1. The lowest BCUT2D eigenvalue weighted by Gasteiger charge is -2.18. The van der Waals surface area contributed by atoms with Crippen molar-refractivity contribution in [2.24, 2.45) is 5.92 Å². The van der Waals surface area contributed by atoms with Crippen LogP contribution in [0.15, 0.2) is 24.3 Å². The van der Waals surface area contributed by atoms with Crippen molar-refractivity contribution < 1.29 is 17.9 Å². The maximum atomic E-state index is 12.3. The zero-order valence-electron chi connectivity index (χ0n) is 13.2. The van der Waals surface area contributed by atoms with E-state index in [2.05, 4.69) is 5.32 Å². The SMILES string of the molecule is CCOc1cccc(CNC(=O)N2C[C@@H]3CCS(=O)(=O)[C@@H]3C2)c1. The van der Waals surface area contributed by atoms with Gasteiger partial charge in [0.1, 0.15) is 5.75 Å². The van der Waals surface area contributed by atoms with Gasteiger partial charge in [-0.3, -0.25) is 0 Å². The van der Waals surface area contributed by atoms with Gasteiger partial charge < -0.3 is 15.0 Å². The Kier molecular flexibility index (Phi) is 4.48. The van der Waals surface area contributed by atoms with Crippen LogP contribution in [-0.2, 0) is 16.4 Å². The molecule has 0 unspecified atom stereocenters. The lowest BCUT2D eigenvalue weighted by atomic mass is 10.1. The summed E-state index contributed by atoms with van der Waals surface area (Å²) >= 11 is 0. The van der Waals surface area contributed by atoms with Crippen LogP contribution in [0.2, 0.25) is 0 Å². The Hall–Kier alpha value is -1.76. The molecule has 126 valence electrons. The minimum Gasteiger partial charge on any atom is -0.494 e. The molecular formula is C16H22N2O4S. The zero-order chi connectivity index (χ0) is 16.4. The van der Waals surface area contributed by atoms with Crippen molar-refractivity contribution in [3.05, 3.63) is 29.8 Å². The fourth-order valence-corrected chi connectivity index (χ4v) is 5.51. The second-order valence-corrected chi connectivity index (χ2v) is 8.44. The molecular weight excluding hydrogens is 316 g/mol. The molecule has 0 bridgehead atoms. The summed E-state index contributed by atoms with van der Waals surface area (Å²) in [6, 6.07) is 7.39. The van der Waals surface area contributed by atoms with Crippen LogP contribution in [0, 0.1) is 5.92 Å². The fraction of sp³-hybridized carbons (Fsp3) is 0.562. The monoisotopic (exact) mass is 338 g/mol. The van der Waals surface area contributed by atoms with Crippen LogP contribution < -0.4 is 10.1 Å². The van der Waals surface area contributed by atoms with Crippen molar-refractivity contribution >= 4 is 15.9 Å². The third-order valence-electron chi connectivity index (χ3n) is 4.56. The second-order valence-electron chi connectivity index (χ2n) is 6.10. The maximum Gasteiger partial charge on any atom is 0.317 e. The summed E-state index contributed by atoms with van der Waals surface area (Å²) in [5.74, 6) is 1.15. The normalized spacial score (nSPS) is 25.2. The molecule has 0 aliphatic carbocycles. The molecule has 2 aliphatic rings. The van der Waals surface area contributed by atoms with E-state index in [0.29, 0.717) is 32.7 Å². The smallest absolute Gasteiger partial charge is 0.317 e. The summed E-state index contributed by atoms with van der Waals surface area (Å²) in [6.45, 7) is 3.78. The lowest BCUT2D eigenvalue weighted by molar-refractivity contribution is 0.206. The van der Waals surface area contributed by atoms with Gasteiger partial charge in [-0.15, -0.1) is 0 Å². The topological polar surface area (TPSA) is 75.7 Å². The third kappa shape index (κ3) is 3.44. The van der Waals surface area contributed by atoms with E-state index in [0.717, 1.165) is 11.3 Å². The van der Waals surface area contributed by atoms with Gasteiger partial charge >= 0.3 is 6.03 Å².